The average Bonchev–Trinajstić information content (AvgIpc) is 2.32. The van der Waals surface area contributed by atoms with Gasteiger partial charge in [0.2, 0.25) is 0 Å². The molecule has 16 heavy (non-hydrogen) atoms. The predicted octanol–water partition coefficient (Wildman–Crippen LogP) is 2.63. The Kier molecular flexibility index (Phi) is 4.66. The van der Waals surface area contributed by atoms with Crippen molar-refractivity contribution in [3.05, 3.63) is 0 Å². The molecule has 94 valence electrons. The van der Waals surface area contributed by atoms with Crippen molar-refractivity contribution in [1.29, 1.82) is 0 Å². The summed E-state index contributed by atoms with van der Waals surface area (Å²) in [6.45, 7) is 6.26. The second-order valence-corrected chi connectivity index (χ2v) is 5.88. The molecule has 0 radical (unpaired) electrons. The number of piperidine rings is 1. The molecule has 0 spiro atoms. The van der Waals surface area contributed by atoms with Gasteiger partial charge in [-0.25, -0.2) is 0 Å². The van der Waals surface area contributed by atoms with E-state index in [1.165, 1.54) is 64.6 Å². The summed E-state index contributed by atoms with van der Waals surface area (Å²) in [5.74, 6) is 1.73. The van der Waals surface area contributed by atoms with E-state index in [0.29, 0.717) is 6.04 Å². The van der Waals surface area contributed by atoms with Gasteiger partial charge >= 0.3 is 0 Å². The van der Waals surface area contributed by atoms with E-state index in [1.807, 2.05) is 0 Å². The Bertz CT molecular complexity index is 205. The Morgan fingerprint density at radius 2 is 1.94 bits per heavy atom. The molecule has 2 heteroatoms. The highest BCUT2D eigenvalue weighted by atomic mass is 15.1. The fraction of sp³-hybridized carbons (Fsp3) is 1.00. The molecule has 0 aromatic rings. The lowest BCUT2D eigenvalue weighted by Crippen LogP contribution is -2.44. The summed E-state index contributed by atoms with van der Waals surface area (Å²) in [6, 6.07) is 0.482. The summed E-state index contributed by atoms with van der Waals surface area (Å²) in [6.07, 6.45) is 9.60. The van der Waals surface area contributed by atoms with Gasteiger partial charge in [0.25, 0.3) is 0 Å². The average molecular weight is 224 g/mol. The van der Waals surface area contributed by atoms with E-state index < -0.39 is 0 Å². The third-order valence-electron chi connectivity index (χ3n) is 4.64. The van der Waals surface area contributed by atoms with E-state index in [1.54, 1.807) is 0 Å². The van der Waals surface area contributed by atoms with Gasteiger partial charge in [0.15, 0.2) is 0 Å². The van der Waals surface area contributed by atoms with Crippen LogP contribution in [0.2, 0.25) is 0 Å². The maximum Gasteiger partial charge on any atom is 0.00793 e. The molecule has 2 rings (SSSR count). The van der Waals surface area contributed by atoms with Crippen molar-refractivity contribution in [2.45, 2.75) is 57.9 Å². The highest BCUT2D eigenvalue weighted by Gasteiger charge is 2.26. The number of hydrogen-bond acceptors (Lipinski definition) is 2. The standard InChI is InChI=1S/C14H28N2/c1-2-12-6-5-9-16(10-12)11-13-7-3-4-8-14(13)15/h12-14H,2-11,15H2,1H3/t12?,13-,14+/m1/s1. The Hall–Kier alpha value is -0.0800. The van der Waals surface area contributed by atoms with Gasteiger partial charge in [-0.3, -0.25) is 0 Å². The van der Waals surface area contributed by atoms with E-state index >= 15 is 0 Å². The van der Waals surface area contributed by atoms with Crippen LogP contribution in [0.25, 0.3) is 0 Å². The number of likely N-dealkylation sites (tertiary alicyclic amines) is 1. The van der Waals surface area contributed by atoms with Crippen LogP contribution in [-0.4, -0.2) is 30.6 Å². The van der Waals surface area contributed by atoms with Gasteiger partial charge in [-0.05, 0) is 44.1 Å². The van der Waals surface area contributed by atoms with E-state index in [9.17, 15) is 0 Å². The maximum absolute atomic E-state index is 6.24. The van der Waals surface area contributed by atoms with Crippen LogP contribution in [0.3, 0.4) is 0 Å². The van der Waals surface area contributed by atoms with Crippen molar-refractivity contribution in [3.63, 3.8) is 0 Å². The number of nitrogens with two attached hydrogens (primary N) is 1. The van der Waals surface area contributed by atoms with Crippen molar-refractivity contribution in [1.82, 2.24) is 4.90 Å². The first-order valence-electron chi connectivity index (χ1n) is 7.27. The van der Waals surface area contributed by atoms with Gasteiger partial charge in [0.1, 0.15) is 0 Å². The van der Waals surface area contributed by atoms with Crippen LogP contribution in [0.1, 0.15) is 51.9 Å². The van der Waals surface area contributed by atoms with Gasteiger partial charge in [0, 0.05) is 19.1 Å². The summed E-state index contributed by atoms with van der Waals surface area (Å²) < 4.78 is 0. The van der Waals surface area contributed by atoms with E-state index in [0.717, 1.165) is 11.8 Å². The lowest BCUT2D eigenvalue weighted by Gasteiger charge is -2.37. The normalized spacial score (nSPS) is 37.5. The second-order valence-electron chi connectivity index (χ2n) is 5.88. The Labute approximate surface area is 101 Å². The fourth-order valence-electron chi connectivity index (χ4n) is 3.45. The van der Waals surface area contributed by atoms with Crippen LogP contribution in [0.5, 0.6) is 0 Å². The van der Waals surface area contributed by atoms with Crippen LogP contribution in [0.4, 0.5) is 0 Å². The van der Waals surface area contributed by atoms with E-state index in [4.69, 9.17) is 5.73 Å². The first-order valence-corrected chi connectivity index (χ1v) is 7.27. The minimum absolute atomic E-state index is 0.482. The smallest absolute Gasteiger partial charge is 0.00793 e. The molecule has 1 aliphatic heterocycles. The Balaban J connectivity index is 1.79. The first kappa shape index (κ1) is 12.4. The molecule has 1 heterocycles. The van der Waals surface area contributed by atoms with Crippen LogP contribution >= 0.6 is 0 Å². The predicted molar refractivity (Wildman–Crippen MR) is 69.4 cm³/mol. The molecule has 2 nitrogen and oxygen atoms in total. The molecule has 2 aliphatic rings. The molecular formula is C14H28N2. The van der Waals surface area contributed by atoms with Gasteiger partial charge in [0.05, 0.1) is 0 Å². The van der Waals surface area contributed by atoms with Crippen molar-refractivity contribution >= 4 is 0 Å². The number of rotatable bonds is 3. The molecule has 2 fully saturated rings. The molecule has 3 atom stereocenters. The lowest BCUT2D eigenvalue weighted by atomic mass is 9.84. The van der Waals surface area contributed by atoms with Crippen molar-refractivity contribution < 1.29 is 0 Å². The maximum atomic E-state index is 6.24. The third kappa shape index (κ3) is 3.21. The Morgan fingerprint density at radius 1 is 1.12 bits per heavy atom. The molecule has 0 amide bonds. The fourth-order valence-corrected chi connectivity index (χ4v) is 3.45. The molecular weight excluding hydrogens is 196 g/mol. The molecule has 1 unspecified atom stereocenters. The topological polar surface area (TPSA) is 29.3 Å². The summed E-state index contributed by atoms with van der Waals surface area (Å²) in [5, 5.41) is 0. The quantitative estimate of drug-likeness (QED) is 0.798. The summed E-state index contributed by atoms with van der Waals surface area (Å²) in [5.41, 5.74) is 6.24. The molecule has 0 bridgehead atoms. The Morgan fingerprint density at radius 3 is 2.69 bits per heavy atom. The zero-order chi connectivity index (χ0) is 11.4. The highest BCUT2D eigenvalue weighted by Crippen LogP contribution is 2.26. The van der Waals surface area contributed by atoms with Gasteiger partial charge in [-0.15, -0.1) is 0 Å². The molecule has 0 aromatic heterocycles. The summed E-state index contributed by atoms with van der Waals surface area (Å²) >= 11 is 0. The van der Waals surface area contributed by atoms with Crippen LogP contribution in [0, 0.1) is 11.8 Å². The highest BCUT2D eigenvalue weighted by molar-refractivity contribution is 4.82. The second kappa shape index (κ2) is 6.02. The molecule has 0 aromatic carbocycles. The first-order chi connectivity index (χ1) is 7.79. The molecule has 2 N–H and O–H groups in total. The number of hydrogen-bond donors (Lipinski definition) is 1. The van der Waals surface area contributed by atoms with Crippen molar-refractivity contribution in [2.24, 2.45) is 17.6 Å². The zero-order valence-electron chi connectivity index (χ0n) is 10.8. The van der Waals surface area contributed by atoms with Gasteiger partial charge < -0.3 is 10.6 Å². The van der Waals surface area contributed by atoms with Crippen LogP contribution in [-0.2, 0) is 0 Å². The summed E-state index contributed by atoms with van der Waals surface area (Å²) in [4.78, 5) is 2.69. The van der Waals surface area contributed by atoms with Crippen molar-refractivity contribution in [3.8, 4) is 0 Å². The summed E-state index contributed by atoms with van der Waals surface area (Å²) in [7, 11) is 0. The van der Waals surface area contributed by atoms with Gasteiger partial charge in [-0.1, -0.05) is 26.2 Å². The largest absolute Gasteiger partial charge is 0.327 e. The minimum Gasteiger partial charge on any atom is -0.327 e. The zero-order valence-corrected chi connectivity index (χ0v) is 10.8. The molecule has 1 saturated heterocycles. The van der Waals surface area contributed by atoms with Crippen LogP contribution in [0.15, 0.2) is 0 Å². The molecule has 1 saturated carbocycles. The van der Waals surface area contributed by atoms with Gasteiger partial charge in [-0.2, -0.15) is 0 Å². The molecule has 1 aliphatic carbocycles. The lowest BCUT2D eigenvalue weighted by molar-refractivity contribution is 0.127. The number of nitrogens with zero attached hydrogens (tertiary/aromatic N) is 1. The monoisotopic (exact) mass is 224 g/mol. The SMILES string of the molecule is CCC1CCCN(C[C@H]2CCCC[C@@H]2N)C1. The van der Waals surface area contributed by atoms with Crippen LogP contribution < -0.4 is 5.73 Å². The van der Waals surface area contributed by atoms with Crippen molar-refractivity contribution in [2.75, 3.05) is 19.6 Å². The third-order valence-corrected chi connectivity index (χ3v) is 4.64. The van der Waals surface area contributed by atoms with E-state index in [-0.39, 0.29) is 0 Å². The minimum atomic E-state index is 0.482. The van der Waals surface area contributed by atoms with E-state index in [2.05, 4.69) is 11.8 Å².